The van der Waals surface area contributed by atoms with E-state index in [2.05, 4.69) is 5.32 Å². The molecule has 1 amide bonds. The van der Waals surface area contributed by atoms with Crippen molar-refractivity contribution in [2.24, 2.45) is 0 Å². The van der Waals surface area contributed by atoms with Crippen molar-refractivity contribution >= 4 is 35.1 Å². The Bertz CT molecular complexity index is 719. The first-order valence-electron chi connectivity index (χ1n) is 6.12. The average molecular weight is 342 g/mol. The summed E-state index contributed by atoms with van der Waals surface area (Å²) in [7, 11) is 0. The number of hydrogen-bond donors (Lipinski definition) is 2. The van der Waals surface area contributed by atoms with Gasteiger partial charge in [0.15, 0.2) is 6.04 Å². The molecule has 0 aliphatic heterocycles. The van der Waals surface area contributed by atoms with Crippen LogP contribution in [0.25, 0.3) is 0 Å². The van der Waals surface area contributed by atoms with E-state index in [1.807, 2.05) is 0 Å². The quantitative estimate of drug-likeness (QED) is 0.891. The number of halogens is 3. The van der Waals surface area contributed by atoms with E-state index in [0.29, 0.717) is 0 Å². The van der Waals surface area contributed by atoms with E-state index in [1.165, 1.54) is 30.3 Å². The van der Waals surface area contributed by atoms with Gasteiger partial charge in [-0.2, -0.15) is 0 Å². The summed E-state index contributed by atoms with van der Waals surface area (Å²) >= 11 is 11.6. The largest absolute Gasteiger partial charge is 0.479 e. The Hall–Kier alpha value is -2.11. The maximum absolute atomic E-state index is 12.9. The number of nitrogens with one attached hydrogen (secondary N) is 1. The molecule has 0 aliphatic rings. The van der Waals surface area contributed by atoms with E-state index < -0.39 is 23.7 Å². The fourth-order valence-electron chi connectivity index (χ4n) is 1.79. The highest BCUT2D eigenvalue weighted by Gasteiger charge is 2.23. The van der Waals surface area contributed by atoms with Crippen molar-refractivity contribution in [3.8, 4) is 0 Å². The van der Waals surface area contributed by atoms with Crippen molar-refractivity contribution < 1.29 is 19.1 Å². The van der Waals surface area contributed by atoms with E-state index in [-0.39, 0.29) is 21.2 Å². The number of rotatable bonds is 4. The van der Waals surface area contributed by atoms with Gasteiger partial charge in [-0.15, -0.1) is 0 Å². The number of amides is 1. The molecule has 0 radical (unpaired) electrons. The fraction of sp³-hybridized carbons (Fsp3) is 0.0667. The molecule has 0 saturated carbocycles. The minimum Gasteiger partial charge on any atom is -0.479 e. The third kappa shape index (κ3) is 3.75. The summed E-state index contributed by atoms with van der Waals surface area (Å²) < 4.78 is 12.9. The van der Waals surface area contributed by atoms with Crippen LogP contribution in [-0.4, -0.2) is 17.0 Å². The van der Waals surface area contributed by atoms with Gasteiger partial charge < -0.3 is 10.4 Å². The van der Waals surface area contributed by atoms with Gasteiger partial charge in [0.1, 0.15) is 5.82 Å². The van der Waals surface area contributed by atoms with Crippen LogP contribution in [0.1, 0.15) is 22.0 Å². The van der Waals surface area contributed by atoms with Gasteiger partial charge in [0.05, 0.1) is 10.0 Å². The number of carbonyl (C=O) groups excluding carboxylic acids is 1. The molecule has 22 heavy (non-hydrogen) atoms. The van der Waals surface area contributed by atoms with Crippen molar-refractivity contribution in [2.45, 2.75) is 6.04 Å². The van der Waals surface area contributed by atoms with Crippen LogP contribution in [0.3, 0.4) is 0 Å². The Morgan fingerprint density at radius 1 is 1.05 bits per heavy atom. The Kier molecular flexibility index (Phi) is 5.00. The molecule has 0 aromatic heterocycles. The Morgan fingerprint density at radius 2 is 1.68 bits per heavy atom. The number of hydrogen-bond acceptors (Lipinski definition) is 2. The molecule has 0 heterocycles. The highest BCUT2D eigenvalue weighted by Crippen LogP contribution is 2.23. The molecule has 2 aromatic carbocycles. The van der Waals surface area contributed by atoms with E-state index in [0.717, 1.165) is 12.1 Å². The van der Waals surface area contributed by atoms with E-state index in [9.17, 15) is 19.1 Å². The maximum atomic E-state index is 12.9. The first-order chi connectivity index (χ1) is 10.4. The highest BCUT2D eigenvalue weighted by atomic mass is 35.5. The number of carboxylic acids is 1. The average Bonchev–Trinajstić information content (AvgIpc) is 2.48. The van der Waals surface area contributed by atoms with E-state index in [1.54, 1.807) is 0 Å². The summed E-state index contributed by atoms with van der Waals surface area (Å²) in [5.74, 6) is -2.39. The van der Waals surface area contributed by atoms with Crippen LogP contribution in [-0.2, 0) is 4.79 Å². The molecular formula is C15H10Cl2FNO3. The molecule has 1 atom stereocenters. The zero-order chi connectivity index (χ0) is 16.3. The van der Waals surface area contributed by atoms with Gasteiger partial charge in [0.25, 0.3) is 5.91 Å². The van der Waals surface area contributed by atoms with Crippen LogP contribution in [0.2, 0.25) is 10.0 Å². The molecule has 0 bridgehead atoms. The molecule has 0 spiro atoms. The SMILES string of the molecule is O=C(NC(C(=O)O)c1ccc(F)cc1)c1ccc(Cl)c(Cl)c1. The van der Waals surface area contributed by atoms with Crippen molar-refractivity contribution in [1.29, 1.82) is 0 Å². The number of carboxylic acid groups (broad SMARTS) is 1. The summed E-state index contributed by atoms with van der Waals surface area (Å²) in [6.45, 7) is 0. The van der Waals surface area contributed by atoms with Crippen LogP contribution in [0.4, 0.5) is 4.39 Å². The third-order valence-electron chi connectivity index (χ3n) is 2.91. The van der Waals surface area contributed by atoms with Gasteiger partial charge in [-0.25, -0.2) is 9.18 Å². The molecule has 0 fully saturated rings. The first-order valence-corrected chi connectivity index (χ1v) is 6.88. The van der Waals surface area contributed by atoms with Crippen LogP contribution in [0.15, 0.2) is 42.5 Å². The Labute approximate surface area is 135 Å². The third-order valence-corrected chi connectivity index (χ3v) is 3.65. The van der Waals surface area contributed by atoms with E-state index in [4.69, 9.17) is 23.2 Å². The standard InChI is InChI=1S/C15H10Cl2FNO3/c16-11-6-3-9(7-12(11)17)14(20)19-13(15(21)22)8-1-4-10(18)5-2-8/h1-7,13H,(H,19,20)(H,21,22). The second-order valence-corrected chi connectivity index (χ2v) is 5.24. The molecule has 2 N–H and O–H groups in total. The highest BCUT2D eigenvalue weighted by molar-refractivity contribution is 6.42. The number of benzene rings is 2. The summed E-state index contributed by atoms with van der Waals surface area (Å²) in [4.78, 5) is 23.4. The maximum Gasteiger partial charge on any atom is 0.330 e. The topological polar surface area (TPSA) is 66.4 Å². The predicted molar refractivity (Wildman–Crippen MR) is 80.7 cm³/mol. The summed E-state index contributed by atoms with van der Waals surface area (Å²) in [6, 6.07) is 7.73. The van der Waals surface area contributed by atoms with Crippen LogP contribution >= 0.6 is 23.2 Å². The lowest BCUT2D eigenvalue weighted by Crippen LogP contribution is -2.33. The summed E-state index contributed by atoms with van der Waals surface area (Å²) in [5.41, 5.74) is 0.421. The lowest BCUT2D eigenvalue weighted by atomic mass is 10.1. The zero-order valence-electron chi connectivity index (χ0n) is 11.0. The lowest BCUT2D eigenvalue weighted by Gasteiger charge is -2.15. The molecule has 114 valence electrons. The predicted octanol–water partition coefficient (Wildman–Crippen LogP) is 3.69. The summed E-state index contributed by atoms with van der Waals surface area (Å²) in [5, 5.41) is 12.1. The molecule has 0 saturated heterocycles. The molecule has 2 rings (SSSR count). The molecule has 1 unspecified atom stereocenters. The monoisotopic (exact) mass is 341 g/mol. The second-order valence-electron chi connectivity index (χ2n) is 4.43. The minimum absolute atomic E-state index is 0.169. The van der Waals surface area contributed by atoms with Gasteiger partial charge >= 0.3 is 5.97 Å². The van der Waals surface area contributed by atoms with Crippen LogP contribution < -0.4 is 5.32 Å². The smallest absolute Gasteiger partial charge is 0.330 e. The first kappa shape index (κ1) is 16.3. The molecule has 4 nitrogen and oxygen atoms in total. The number of carbonyl (C=O) groups is 2. The van der Waals surface area contributed by atoms with Gasteiger partial charge in [0.2, 0.25) is 0 Å². The fourth-order valence-corrected chi connectivity index (χ4v) is 2.09. The summed E-state index contributed by atoms with van der Waals surface area (Å²) in [6.07, 6.45) is 0. The second kappa shape index (κ2) is 6.77. The Balaban J connectivity index is 2.24. The van der Waals surface area contributed by atoms with Crippen molar-refractivity contribution in [2.75, 3.05) is 0 Å². The Morgan fingerprint density at radius 3 is 2.23 bits per heavy atom. The normalized spacial score (nSPS) is 11.8. The van der Waals surface area contributed by atoms with Crippen LogP contribution in [0, 0.1) is 5.82 Å². The molecular weight excluding hydrogens is 332 g/mol. The molecule has 0 aliphatic carbocycles. The number of aliphatic carboxylic acids is 1. The van der Waals surface area contributed by atoms with Gasteiger partial charge in [-0.3, -0.25) is 4.79 Å². The van der Waals surface area contributed by atoms with Gasteiger partial charge in [0, 0.05) is 5.56 Å². The van der Waals surface area contributed by atoms with Gasteiger partial charge in [-0.05, 0) is 35.9 Å². The van der Waals surface area contributed by atoms with Gasteiger partial charge in [-0.1, -0.05) is 35.3 Å². The van der Waals surface area contributed by atoms with Crippen molar-refractivity contribution in [1.82, 2.24) is 5.32 Å². The van der Waals surface area contributed by atoms with E-state index >= 15 is 0 Å². The minimum atomic E-state index is -1.30. The molecule has 2 aromatic rings. The molecule has 7 heteroatoms. The van der Waals surface area contributed by atoms with Crippen molar-refractivity contribution in [3.05, 3.63) is 69.5 Å². The van der Waals surface area contributed by atoms with Crippen LogP contribution in [0.5, 0.6) is 0 Å². The lowest BCUT2D eigenvalue weighted by molar-refractivity contribution is -0.139. The van der Waals surface area contributed by atoms with Crippen molar-refractivity contribution in [3.63, 3.8) is 0 Å². The zero-order valence-corrected chi connectivity index (χ0v) is 12.5.